The maximum absolute atomic E-state index is 13.3. The van der Waals surface area contributed by atoms with Crippen molar-refractivity contribution in [2.45, 2.75) is 40.2 Å². The van der Waals surface area contributed by atoms with E-state index >= 15 is 0 Å². The van der Waals surface area contributed by atoms with E-state index in [1.165, 1.54) is 4.68 Å². The van der Waals surface area contributed by atoms with Crippen LogP contribution in [0.1, 0.15) is 36.6 Å². The standard InChI is InChI=1S/C24H25N5O2/c1-15(2)22-19-13-25-29(18-8-6-5-7-9-18)23(19)24(31)28(27-22)14-21(30)26-20-12-16(3)10-11-17(20)4/h5-13,15H,14H2,1-4H3,(H,26,30). The fraction of sp³-hybridized carbons (Fsp3) is 0.250. The highest BCUT2D eigenvalue weighted by Gasteiger charge is 2.20. The lowest BCUT2D eigenvalue weighted by Gasteiger charge is -2.13. The number of rotatable bonds is 5. The van der Waals surface area contributed by atoms with Crippen molar-refractivity contribution in [2.75, 3.05) is 5.32 Å². The molecule has 0 aliphatic heterocycles. The number of benzene rings is 2. The van der Waals surface area contributed by atoms with E-state index in [1.807, 2.05) is 76.2 Å². The zero-order valence-corrected chi connectivity index (χ0v) is 18.1. The van der Waals surface area contributed by atoms with Crippen molar-refractivity contribution >= 4 is 22.5 Å². The molecule has 0 fully saturated rings. The molecule has 0 aliphatic rings. The molecule has 1 amide bonds. The summed E-state index contributed by atoms with van der Waals surface area (Å²) in [6.45, 7) is 7.73. The Balaban J connectivity index is 1.77. The minimum Gasteiger partial charge on any atom is -0.324 e. The summed E-state index contributed by atoms with van der Waals surface area (Å²) in [5.41, 5.74) is 4.32. The summed E-state index contributed by atoms with van der Waals surface area (Å²) in [6, 6.07) is 15.3. The normalized spacial score (nSPS) is 11.3. The number of fused-ring (bicyclic) bond motifs is 1. The summed E-state index contributed by atoms with van der Waals surface area (Å²) in [5.74, 6) is -0.243. The van der Waals surface area contributed by atoms with Crippen LogP contribution >= 0.6 is 0 Å². The Morgan fingerprint density at radius 2 is 1.84 bits per heavy atom. The Kier molecular flexibility index (Phi) is 5.42. The molecule has 31 heavy (non-hydrogen) atoms. The van der Waals surface area contributed by atoms with Crippen LogP contribution in [-0.4, -0.2) is 25.5 Å². The van der Waals surface area contributed by atoms with Crippen LogP contribution in [0.5, 0.6) is 0 Å². The summed E-state index contributed by atoms with van der Waals surface area (Å²) in [4.78, 5) is 26.1. The van der Waals surface area contributed by atoms with Crippen LogP contribution in [0, 0.1) is 13.8 Å². The predicted octanol–water partition coefficient (Wildman–Crippen LogP) is 3.96. The number of amides is 1. The first-order chi connectivity index (χ1) is 14.8. The molecule has 0 bridgehead atoms. The molecule has 0 saturated heterocycles. The van der Waals surface area contributed by atoms with Gasteiger partial charge in [-0.3, -0.25) is 9.59 Å². The lowest BCUT2D eigenvalue weighted by Crippen LogP contribution is -2.31. The molecule has 0 saturated carbocycles. The van der Waals surface area contributed by atoms with Gasteiger partial charge in [-0.2, -0.15) is 10.2 Å². The summed E-state index contributed by atoms with van der Waals surface area (Å²) in [7, 11) is 0. The highest BCUT2D eigenvalue weighted by atomic mass is 16.2. The predicted molar refractivity (Wildman–Crippen MR) is 122 cm³/mol. The smallest absolute Gasteiger partial charge is 0.293 e. The van der Waals surface area contributed by atoms with Gasteiger partial charge in [-0.25, -0.2) is 9.36 Å². The van der Waals surface area contributed by atoms with Crippen molar-refractivity contribution < 1.29 is 4.79 Å². The topological polar surface area (TPSA) is 81.8 Å². The SMILES string of the molecule is Cc1ccc(C)c(NC(=O)Cn2nc(C(C)C)c3cnn(-c4ccccc4)c3c2=O)c1. The molecule has 2 heterocycles. The van der Waals surface area contributed by atoms with Gasteiger partial charge in [0.25, 0.3) is 5.56 Å². The molecule has 0 aliphatic carbocycles. The number of anilines is 1. The number of hydrogen-bond acceptors (Lipinski definition) is 4. The van der Waals surface area contributed by atoms with Crippen molar-refractivity contribution in [3.8, 4) is 5.69 Å². The lowest BCUT2D eigenvalue weighted by atomic mass is 10.1. The number of nitrogens with zero attached hydrogens (tertiary/aromatic N) is 4. The highest BCUT2D eigenvalue weighted by molar-refractivity contribution is 5.91. The highest BCUT2D eigenvalue weighted by Crippen LogP contribution is 2.23. The summed E-state index contributed by atoms with van der Waals surface area (Å²) < 4.78 is 2.85. The Hall–Kier alpha value is -3.74. The Bertz CT molecular complexity index is 1320. The Labute approximate surface area is 180 Å². The molecule has 7 nitrogen and oxygen atoms in total. The molecule has 2 aromatic carbocycles. The number of nitrogens with one attached hydrogen (secondary N) is 1. The van der Waals surface area contributed by atoms with Crippen LogP contribution in [0.15, 0.2) is 59.5 Å². The zero-order valence-electron chi connectivity index (χ0n) is 18.1. The van der Waals surface area contributed by atoms with Crippen LogP contribution in [0.25, 0.3) is 16.6 Å². The van der Waals surface area contributed by atoms with Gasteiger partial charge in [0.15, 0.2) is 0 Å². The van der Waals surface area contributed by atoms with Crippen LogP contribution in [-0.2, 0) is 11.3 Å². The molecule has 4 aromatic rings. The number of aryl methyl sites for hydroxylation is 2. The largest absolute Gasteiger partial charge is 0.324 e. The maximum Gasteiger partial charge on any atom is 0.293 e. The van der Waals surface area contributed by atoms with Crippen LogP contribution in [0.4, 0.5) is 5.69 Å². The summed E-state index contributed by atoms with van der Waals surface area (Å²) in [6.07, 6.45) is 1.67. The molecule has 1 N–H and O–H groups in total. The van der Waals surface area contributed by atoms with Crippen LogP contribution < -0.4 is 10.9 Å². The van der Waals surface area contributed by atoms with Crippen molar-refractivity contribution in [2.24, 2.45) is 0 Å². The molecule has 4 rings (SSSR count). The average Bonchev–Trinajstić information content (AvgIpc) is 3.18. The molecular formula is C24H25N5O2. The average molecular weight is 415 g/mol. The van der Waals surface area contributed by atoms with Crippen molar-refractivity contribution in [3.05, 3.63) is 81.9 Å². The molecular weight excluding hydrogens is 390 g/mol. The van der Waals surface area contributed by atoms with E-state index in [2.05, 4.69) is 15.5 Å². The van der Waals surface area contributed by atoms with E-state index in [0.717, 1.165) is 28.2 Å². The van der Waals surface area contributed by atoms with Gasteiger partial charge in [-0.15, -0.1) is 0 Å². The van der Waals surface area contributed by atoms with E-state index in [1.54, 1.807) is 10.9 Å². The monoisotopic (exact) mass is 415 g/mol. The number of carbonyl (C=O) groups is 1. The second-order valence-electron chi connectivity index (χ2n) is 8.02. The third-order valence-electron chi connectivity index (χ3n) is 5.22. The molecule has 7 heteroatoms. The van der Waals surface area contributed by atoms with E-state index in [-0.39, 0.29) is 23.9 Å². The number of carbonyl (C=O) groups excluding carboxylic acids is 1. The zero-order chi connectivity index (χ0) is 22.1. The number of aromatic nitrogens is 4. The first-order valence-corrected chi connectivity index (χ1v) is 10.3. The summed E-state index contributed by atoms with van der Waals surface area (Å²) in [5, 5.41) is 12.6. The maximum atomic E-state index is 13.3. The third kappa shape index (κ3) is 3.99. The second-order valence-corrected chi connectivity index (χ2v) is 8.02. The molecule has 0 radical (unpaired) electrons. The van der Waals surface area contributed by atoms with Crippen LogP contribution in [0.2, 0.25) is 0 Å². The Morgan fingerprint density at radius 1 is 1.10 bits per heavy atom. The molecule has 0 spiro atoms. The van der Waals surface area contributed by atoms with Gasteiger partial charge in [-0.05, 0) is 49.1 Å². The van der Waals surface area contributed by atoms with Crippen LogP contribution in [0.3, 0.4) is 0 Å². The minimum absolute atomic E-state index is 0.0600. The van der Waals surface area contributed by atoms with Gasteiger partial charge in [0, 0.05) is 11.1 Å². The van der Waals surface area contributed by atoms with Crippen molar-refractivity contribution in [1.29, 1.82) is 0 Å². The third-order valence-corrected chi connectivity index (χ3v) is 5.22. The van der Waals surface area contributed by atoms with Gasteiger partial charge < -0.3 is 5.32 Å². The van der Waals surface area contributed by atoms with Crippen molar-refractivity contribution in [3.63, 3.8) is 0 Å². The fourth-order valence-electron chi connectivity index (χ4n) is 3.59. The molecule has 2 aromatic heterocycles. The molecule has 0 unspecified atom stereocenters. The summed E-state index contributed by atoms with van der Waals surface area (Å²) >= 11 is 0. The first-order valence-electron chi connectivity index (χ1n) is 10.3. The quantitative estimate of drug-likeness (QED) is 0.535. The number of para-hydroxylation sites is 1. The van der Waals surface area contributed by atoms with Crippen molar-refractivity contribution in [1.82, 2.24) is 19.6 Å². The van der Waals surface area contributed by atoms with Gasteiger partial charge in [0.05, 0.1) is 17.6 Å². The first kappa shape index (κ1) is 20.5. The van der Waals surface area contributed by atoms with Gasteiger partial charge in [0.2, 0.25) is 5.91 Å². The lowest BCUT2D eigenvalue weighted by molar-refractivity contribution is -0.117. The second kappa shape index (κ2) is 8.18. The molecule has 0 atom stereocenters. The van der Waals surface area contributed by atoms with E-state index in [4.69, 9.17) is 0 Å². The minimum atomic E-state index is -0.350. The van der Waals surface area contributed by atoms with E-state index < -0.39 is 0 Å². The van der Waals surface area contributed by atoms with Gasteiger partial charge in [0.1, 0.15) is 12.1 Å². The van der Waals surface area contributed by atoms with Gasteiger partial charge >= 0.3 is 0 Å². The van der Waals surface area contributed by atoms with E-state index in [9.17, 15) is 9.59 Å². The fourth-order valence-corrected chi connectivity index (χ4v) is 3.59. The van der Waals surface area contributed by atoms with E-state index in [0.29, 0.717) is 10.9 Å². The Morgan fingerprint density at radius 3 is 2.55 bits per heavy atom. The molecule has 158 valence electrons. The van der Waals surface area contributed by atoms with Gasteiger partial charge in [-0.1, -0.05) is 44.2 Å². The number of hydrogen-bond donors (Lipinski definition) is 1.